The molecular formula is C57H39NO. The molecule has 0 atom stereocenters. The molecule has 0 amide bonds. The highest BCUT2D eigenvalue weighted by Gasteiger charge is 2.36. The molecule has 0 spiro atoms. The van der Waals surface area contributed by atoms with Crippen molar-refractivity contribution in [1.29, 1.82) is 0 Å². The number of benzene rings is 10. The van der Waals surface area contributed by atoms with E-state index in [1.807, 2.05) is 0 Å². The maximum Gasteiger partial charge on any atom is 0.159 e. The molecule has 1 aliphatic carbocycles. The highest BCUT2D eigenvalue weighted by Crippen LogP contribution is 2.56. The first-order chi connectivity index (χ1) is 29.0. The third kappa shape index (κ3) is 5.13. The number of anilines is 3. The minimum Gasteiger partial charge on any atom is -0.454 e. The van der Waals surface area contributed by atoms with Crippen LogP contribution in [0.25, 0.3) is 76.8 Å². The molecule has 0 N–H and O–H groups in total. The second kappa shape index (κ2) is 12.8. The van der Waals surface area contributed by atoms with Crippen LogP contribution in [0.4, 0.5) is 17.1 Å². The normalized spacial score (nSPS) is 13.2. The number of hydrogen-bond donors (Lipinski definition) is 0. The molecule has 59 heavy (non-hydrogen) atoms. The first kappa shape index (κ1) is 33.7. The summed E-state index contributed by atoms with van der Waals surface area (Å²) in [4.78, 5) is 2.46. The molecule has 2 heteroatoms. The van der Waals surface area contributed by atoms with Crippen LogP contribution in [0.5, 0.6) is 11.5 Å². The van der Waals surface area contributed by atoms with Crippen LogP contribution in [0, 0.1) is 0 Å². The Morgan fingerprint density at radius 3 is 1.88 bits per heavy atom. The molecule has 12 rings (SSSR count). The van der Waals surface area contributed by atoms with Gasteiger partial charge in [0.05, 0.1) is 11.4 Å². The molecule has 1 aliphatic heterocycles. The summed E-state index contributed by atoms with van der Waals surface area (Å²) < 4.78 is 7.44. The summed E-state index contributed by atoms with van der Waals surface area (Å²) in [5, 5.41) is 7.16. The number of ether oxygens (including phenoxy) is 1. The third-order valence-corrected chi connectivity index (χ3v) is 12.8. The first-order valence-electron chi connectivity index (χ1n) is 20.5. The standard InChI is InChI=1S/C57H39NO/c1-57(2)51-25-13-12-22-45(51)46-30-28-41(35-52(46)57)58(54-33-40-19-8-9-20-42(40)43-21-10-11-23-47(43)54)53-26-14-24-48-49-31-39(36-15-4-3-5-16-36)27-29-44(49)50-32-37-17-6-7-18-38(37)34-55(50)59-56(48)53/h3-35H,1-2H3. The fourth-order valence-electron chi connectivity index (χ4n) is 9.92. The lowest BCUT2D eigenvalue weighted by molar-refractivity contribution is 0.489. The smallest absolute Gasteiger partial charge is 0.159 e. The van der Waals surface area contributed by atoms with E-state index >= 15 is 0 Å². The zero-order chi connectivity index (χ0) is 39.2. The first-order valence-corrected chi connectivity index (χ1v) is 20.5. The number of rotatable bonds is 4. The number of para-hydroxylation sites is 1. The van der Waals surface area contributed by atoms with Crippen LogP contribution in [-0.4, -0.2) is 0 Å². The molecule has 0 saturated carbocycles. The van der Waals surface area contributed by atoms with Crippen molar-refractivity contribution in [2.24, 2.45) is 0 Å². The maximum atomic E-state index is 7.44. The Labute approximate surface area is 344 Å². The lowest BCUT2D eigenvalue weighted by Gasteiger charge is -2.31. The van der Waals surface area contributed by atoms with Crippen LogP contribution in [0.15, 0.2) is 200 Å². The Morgan fingerprint density at radius 2 is 1.03 bits per heavy atom. The van der Waals surface area contributed by atoms with Crippen molar-refractivity contribution < 1.29 is 4.74 Å². The summed E-state index contributed by atoms with van der Waals surface area (Å²) in [6, 6.07) is 73.2. The molecule has 0 bridgehead atoms. The molecule has 0 fully saturated rings. The van der Waals surface area contributed by atoms with Gasteiger partial charge < -0.3 is 9.64 Å². The molecule has 10 aromatic rings. The summed E-state index contributed by atoms with van der Waals surface area (Å²) in [5.74, 6) is 1.67. The predicted molar refractivity (Wildman–Crippen MR) is 248 cm³/mol. The minimum absolute atomic E-state index is 0.171. The molecule has 0 saturated heterocycles. The van der Waals surface area contributed by atoms with Crippen molar-refractivity contribution in [1.82, 2.24) is 0 Å². The van der Waals surface area contributed by atoms with Crippen molar-refractivity contribution >= 4 is 49.4 Å². The van der Waals surface area contributed by atoms with Gasteiger partial charge in [-0.05, 0) is 114 Å². The average Bonchev–Trinajstić information content (AvgIpc) is 3.42. The van der Waals surface area contributed by atoms with Crippen LogP contribution in [0.1, 0.15) is 25.0 Å². The Kier molecular flexibility index (Phi) is 7.31. The van der Waals surface area contributed by atoms with E-state index in [0.717, 1.165) is 56.2 Å². The number of fused-ring (bicyclic) bond motifs is 12. The second-order valence-corrected chi connectivity index (χ2v) is 16.5. The lowest BCUT2D eigenvalue weighted by atomic mass is 9.82. The maximum absolute atomic E-state index is 7.44. The summed E-state index contributed by atoms with van der Waals surface area (Å²) in [6.07, 6.45) is 0. The fourth-order valence-corrected chi connectivity index (χ4v) is 9.92. The molecule has 0 radical (unpaired) electrons. The average molecular weight is 754 g/mol. The van der Waals surface area contributed by atoms with E-state index in [0.29, 0.717) is 0 Å². The van der Waals surface area contributed by atoms with E-state index in [-0.39, 0.29) is 5.41 Å². The highest BCUT2D eigenvalue weighted by atomic mass is 16.5. The van der Waals surface area contributed by atoms with E-state index in [2.05, 4.69) is 219 Å². The van der Waals surface area contributed by atoms with Crippen LogP contribution >= 0.6 is 0 Å². The molecule has 0 unspecified atom stereocenters. The Balaban J connectivity index is 1.17. The molecule has 1 heterocycles. The van der Waals surface area contributed by atoms with Crippen molar-refractivity contribution in [2.75, 3.05) is 4.90 Å². The lowest BCUT2D eigenvalue weighted by Crippen LogP contribution is -2.17. The van der Waals surface area contributed by atoms with Gasteiger partial charge in [-0.25, -0.2) is 0 Å². The quantitative estimate of drug-likeness (QED) is 0.166. The van der Waals surface area contributed by atoms with E-state index in [1.54, 1.807) is 0 Å². The molecule has 0 aromatic heterocycles. The molecular weight excluding hydrogens is 715 g/mol. The van der Waals surface area contributed by atoms with Gasteiger partial charge in [0.25, 0.3) is 0 Å². The molecule has 2 aliphatic rings. The largest absolute Gasteiger partial charge is 0.454 e. The second-order valence-electron chi connectivity index (χ2n) is 16.5. The van der Waals surface area contributed by atoms with E-state index in [9.17, 15) is 0 Å². The molecule has 2 nitrogen and oxygen atoms in total. The van der Waals surface area contributed by atoms with E-state index in [1.165, 1.54) is 60.3 Å². The van der Waals surface area contributed by atoms with Gasteiger partial charge in [-0.15, -0.1) is 0 Å². The van der Waals surface area contributed by atoms with E-state index < -0.39 is 0 Å². The van der Waals surface area contributed by atoms with E-state index in [4.69, 9.17) is 4.74 Å². The van der Waals surface area contributed by atoms with Crippen molar-refractivity contribution in [3.8, 4) is 56.0 Å². The number of hydrogen-bond acceptors (Lipinski definition) is 2. The van der Waals surface area contributed by atoms with Gasteiger partial charge in [0.1, 0.15) is 5.75 Å². The monoisotopic (exact) mass is 753 g/mol. The summed E-state index contributed by atoms with van der Waals surface area (Å²) in [7, 11) is 0. The minimum atomic E-state index is -0.171. The van der Waals surface area contributed by atoms with Gasteiger partial charge in [-0.2, -0.15) is 0 Å². The zero-order valence-corrected chi connectivity index (χ0v) is 32.9. The number of nitrogens with zero attached hydrogens (tertiary/aromatic N) is 1. The third-order valence-electron chi connectivity index (χ3n) is 12.8. The van der Waals surface area contributed by atoms with Gasteiger partial charge in [-0.1, -0.05) is 172 Å². The van der Waals surface area contributed by atoms with Gasteiger partial charge in [0.15, 0.2) is 5.75 Å². The van der Waals surface area contributed by atoms with Crippen LogP contribution in [0.3, 0.4) is 0 Å². The van der Waals surface area contributed by atoms with Crippen LogP contribution < -0.4 is 9.64 Å². The SMILES string of the molecule is CC1(C)c2ccccc2-c2ccc(N(c3cccc4c3Oc3cc5ccccc5cc3-c3ccc(-c5ccccc5)cc3-4)c3cc4ccccc4c4ccccc34)cc21. The molecule has 278 valence electrons. The predicted octanol–water partition coefficient (Wildman–Crippen LogP) is 16.0. The summed E-state index contributed by atoms with van der Waals surface area (Å²) >= 11 is 0. The Bertz CT molecular complexity index is 3340. The van der Waals surface area contributed by atoms with Gasteiger partial charge in [0, 0.05) is 27.6 Å². The highest BCUT2D eigenvalue weighted by molar-refractivity contribution is 6.15. The van der Waals surface area contributed by atoms with Crippen LogP contribution in [0.2, 0.25) is 0 Å². The Morgan fingerprint density at radius 1 is 0.373 bits per heavy atom. The Hall–Kier alpha value is -7.42. The zero-order valence-electron chi connectivity index (χ0n) is 32.9. The van der Waals surface area contributed by atoms with Crippen LogP contribution in [-0.2, 0) is 5.41 Å². The molecule has 10 aromatic carbocycles. The topological polar surface area (TPSA) is 12.5 Å². The van der Waals surface area contributed by atoms with Crippen molar-refractivity contribution in [3.63, 3.8) is 0 Å². The van der Waals surface area contributed by atoms with Crippen molar-refractivity contribution in [3.05, 3.63) is 211 Å². The van der Waals surface area contributed by atoms with Gasteiger partial charge in [-0.3, -0.25) is 0 Å². The fraction of sp³-hybridized carbons (Fsp3) is 0.0526. The summed E-state index contributed by atoms with van der Waals surface area (Å²) in [6.45, 7) is 4.72. The summed E-state index contributed by atoms with van der Waals surface area (Å²) in [5.41, 5.74) is 15.1. The van der Waals surface area contributed by atoms with Crippen molar-refractivity contribution in [2.45, 2.75) is 19.3 Å². The van der Waals surface area contributed by atoms with Gasteiger partial charge >= 0.3 is 0 Å². The van der Waals surface area contributed by atoms with Gasteiger partial charge in [0.2, 0.25) is 0 Å².